The van der Waals surface area contributed by atoms with E-state index in [1.807, 2.05) is 28.8 Å². The first-order valence-electron chi connectivity index (χ1n) is 6.60. The van der Waals surface area contributed by atoms with E-state index in [-0.39, 0.29) is 11.3 Å². The Morgan fingerprint density at radius 2 is 1.87 bits per heavy atom. The first-order valence-corrected chi connectivity index (χ1v) is 6.60. The van der Waals surface area contributed by atoms with Crippen LogP contribution in [-0.4, -0.2) is 25.6 Å². The molecule has 0 saturated heterocycles. The molecule has 0 aliphatic rings. The van der Waals surface area contributed by atoms with Gasteiger partial charge in [0, 0.05) is 12.1 Å². The first kappa shape index (κ1) is 16.1. The Bertz CT molecular complexity index is 794. The Balaban J connectivity index is 0.000000167. The predicted octanol–water partition coefficient (Wildman–Crippen LogP) is 2.25. The van der Waals surface area contributed by atoms with Crippen molar-refractivity contribution in [1.29, 1.82) is 0 Å². The van der Waals surface area contributed by atoms with Crippen LogP contribution in [0.2, 0.25) is 0 Å². The van der Waals surface area contributed by atoms with Gasteiger partial charge in [-0.25, -0.2) is 9.78 Å². The van der Waals surface area contributed by atoms with E-state index in [0.29, 0.717) is 6.67 Å². The maximum Gasteiger partial charge on any atom is 0.335 e. The third-order valence-electron chi connectivity index (χ3n) is 3.05. The smallest absolute Gasteiger partial charge is 0.335 e. The summed E-state index contributed by atoms with van der Waals surface area (Å²) in [4.78, 5) is 24.0. The third-order valence-corrected chi connectivity index (χ3v) is 3.05. The van der Waals surface area contributed by atoms with Crippen LogP contribution in [0, 0.1) is 10.1 Å². The molecule has 3 aromatic rings. The number of aromatic nitrogens is 2. The Hall–Kier alpha value is -3.26. The van der Waals surface area contributed by atoms with Gasteiger partial charge in [0.15, 0.2) is 0 Å². The molecule has 8 heteroatoms. The molecule has 0 amide bonds. The fourth-order valence-electron chi connectivity index (χ4n) is 1.88. The first-order chi connectivity index (χ1) is 11.0. The van der Waals surface area contributed by atoms with Crippen molar-refractivity contribution in [2.45, 2.75) is 6.67 Å². The molecule has 0 spiro atoms. The highest BCUT2D eigenvalue weighted by atomic mass is 16.6. The summed E-state index contributed by atoms with van der Waals surface area (Å²) in [6, 6.07) is 12.6. The molecular weight excluding hydrogens is 300 g/mol. The van der Waals surface area contributed by atoms with Crippen LogP contribution in [0.3, 0.4) is 0 Å². The quantitative estimate of drug-likeness (QED) is 0.564. The molecule has 3 rings (SSSR count). The van der Waals surface area contributed by atoms with Gasteiger partial charge >= 0.3 is 5.97 Å². The number of carboxylic acid groups (broad SMARTS) is 1. The standard InChI is InChI=1S/C8H9N3.C7H5NO4/c9-5-11-6-10-7-3-1-2-4-8(7)11;9-7(10)5-1-3-6(4-2-5)8(11)12/h1-4,6H,5,9H2;1-4H,(H,9,10). The number of rotatable bonds is 3. The summed E-state index contributed by atoms with van der Waals surface area (Å²) >= 11 is 0. The van der Waals surface area contributed by atoms with Crippen molar-refractivity contribution in [2.24, 2.45) is 5.73 Å². The zero-order valence-electron chi connectivity index (χ0n) is 12.0. The number of fused-ring (bicyclic) bond motifs is 1. The van der Waals surface area contributed by atoms with E-state index in [2.05, 4.69) is 4.98 Å². The van der Waals surface area contributed by atoms with Crippen LogP contribution in [0.25, 0.3) is 11.0 Å². The Morgan fingerprint density at radius 1 is 1.22 bits per heavy atom. The summed E-state index contributed by atoms with van der Waals surface area (Å²) in [7, 11) is 0. The summed E-state index contributed by atoms with van der Waals surface area (Å²) in [5, 5.41) is 18.6. The molecule has 3 N–H and O–H groups in total. The minimum absolute atomic E-state index is 0.0422. The van der Waals surface area contributed by atoms with Crippen molar-refractivity contribution in [3.63, 3.8) is 0 Å². The zero-order valence-corrected chi connectivity index (χ0v) is 12.0. The lowest BCUT2D eigenvalue weighted by molar-refractivity contribution is -0.384. The minimum Gasteiger partial charge on any atom is -0.478 e. The summed E-state index contributed by atoms with van der Waals surface area (Å²) in [6.07, 6.45) is 1.75. The van der Waals surface area contributed by atoms with Crippen LogP contribution >= 0.6 is 0 Å². The number of aromatic carboxylic acids is 1. The summed E-state index contributed by atoms with van der Waals surface area (Å²) in [5.41, 5.74) is 7.51. The molecule has 2 aromatic carbocycles. The van der Waals surface area contributed by atoms with Gasteiger partial charge in [0.05, 0.1) is 34.5 Å². The molecule has 0 saturated carbocycles. The maximum absolute atomic E-state index is 10.3. The van der Waals surface area contributed by atoms with E-state index in [0.717, 1.165) is 23.2 Å². The summed E-state index contributed by atoms with van der Waals surface area (Å²) in [6.45, 7) is 0.487. The van der Waals surface area contributed by atoms with Crippen LogP contribution < -0.4 is 5.73 Å². The van der Waals surface area contributed by atoms with Crippen LogP contribution in [-0.2, 0) is 6.67 Å². The zero-order chi connectivity index (χ0) is 16.8. The molecular formula is C15H14N4O4. The normalized spacial score (nSPS) is 9.96. The van der Waals surface area contributed by atoms with Crippen molar-refractivity contribution >= 4 is 22.7 Å². The molecule has 0 bridgehead atoms. The highest BCUT2D eigenvalue weighted by molar-refractivity contribution is 5.87. The number of nitro groups is 1. The molecule has 0 atom stereocenters. The van der Waals surface area contributed by atoms with Crippen LogP contribution in [0.4, 0.5) is 5.69 Å². The second kappa shape index (κ2) is 7.14. The Labute approximate surface area is 130 Å². The monoisotopic (exact) mass is 314 g/mol. The van der Waals surface area contributed by atoms with E-state index >= 15 is 0 Å². The van der Waals surface area contributed by atoms with Gasteiger partial charge in [-0.15, -0.1) is 0 Å². The van der Waals surface area contributed by atoms with Gasteiger partial charge in [-0.3, -0.25) is 10.1 Å². The molecule has 0 aliphatic carbocycles. The molecule has 0 unspecified atom stereocenters. The number of hydrogen-bond donors (Lipinski definition) is 2. The van der Waals surface area contributed by atoms with E-state index in [1.165, 1.54) is 12.1 Å². The topological polar surface area (TPSA) is 124 Å². The predicted molar refractivity (Wildman–Crippen MR) is 84.0 cm³/mol. The van der Waals surface area contributed by atoms with E-state index in [1.54, 1.807) is 6.33 Å². The number of carbonyl (C=O) groups is 1. The fourth-order valence-corrected chi connectivity index (χ4v) is 1.88. The lowest BCUT2D eigenvalue weighted by Crippen LogP contribution is -2.04. The van der Waals surface area contributed by atoms with Gasteiger partial charge in [-0.05, 0) is 24.3 Å². The van der Waals surface area contributed by atoms with Gasteiger partial charge in [-0.1, -0.05) is 12.1 Å². The number of benzene rings is 2. The molecule has 1 heterocycles. The number of nitrogens with zero attached hydrogens (tertiary/aromatic N) is 3. The Morgan fingerprint density at radius 3 is 2.43 bits per heavy atom. The average Bonchev–Trinajstić information content (AvgIpc) is 2.98. The highest BCUT2D eigenvalue weighted by Gasteiger charge is 2.06. The van der Waals surface area contributed by atoms with Gasteiger partial charge < -0.3 is 15.4 Å². The SMILES string of the molecule is NCn1cnc2ccccc21.O=C(O)c1ccc([N+](=O)[O-])cc1. The second-order valence-corrected chi connectivity index (χ2v) is 4.49. The molecule has 118 valence electrons. The van der Waals surface area contributed by atoms with Gasteiger partial charge in [0.25, 0.3) is 5.69 Å². The third kappa shape index (κ3) is 3.89. The van der Waals surface area contributed by atoms with Crippen molar-refractivity contribution in [3.05, 3.63) is 70.5 Å². The van der Waals surface area contributed by atoms with Crippen molar-refractivity contribution in [2.75, 3.05) is 0 Å². The summed E-state index contributed by atoms with van der Waals surface area (Å²) in [5.74, 6) is -1.09. The van der Waals surface area contributed by atoms with Crippen molar-refractivity contribution in [1.82, 2.24) is 9.55 Å². The number of non-ortho nitro benzene ring substituents is 1. The number of hydrogen-bond acceptors (Lipinski definition) is 5. The van der Waals surface area contributed by atoms with Gasteiger partial charge in [0.1, 0.15) is 0 Å². The largest absolute Gasteiger partial charge is 0.478 e. The maximum atomic E-state index is 10.3. The van der Waals surface area contributed by atoms with Crippen LogP contribution in [0.1, 0.15) is 10.4 Å². The van der Waals surface area contributed by atoms with Crippen molar-refractivity contribution in [3.8, 4) is 0 Å². The highest BCUT2D eigenvalue weighted by Crippen LogP contribution is 2.11. The number of para-hydroxylation sites is 2. The lowest BCUT2D eigenvalue weighted by atomic mass is 10.2. The van der Waals surface area contributed by atoms with Crippen LogP contribution in [0.5, 0.6) is 0 Å². The van der Waals surface area contributed by atoms with Gasteiger partial charge in [0.2, 0.25) is 0 Å². The fraction of sp³-hybridized carbons (Fsp3) is 0.0667. The molecule has 8 nitrogen and oxygen atoms in total. The lowest BCUT2D eigenvalue weighted by Gasteiger charge is -1.96. The number of nitrogens with two attached hydrogens (primary N) is 1. The summed E-state index contributed by atoms with van der Waals surface area (Å²) < 4.78 is 1.91. The van der Waals surface area contributed by atoms with E-state index < -0.39 is 10.9 Å². The molecule has 1 aromatic heterocycles. The molecule has 23 heavy (non-hydrogen) atoms. The number of imidazole rings is 1. The number of nitro benzene ring substituents is 1. The molecule has 0 radical (unpaired) electrons. The Kier molecular flexibility index (Phi) is 5.00. The number of carboxylic acids is 1. The second-order valence-electron chi connectivity index (χ2n) is 4.49. The van der Waals surface area contributed by atoms with E-state index in [4.69, 9.17) is 10.8 Å². The van der Waals surface area contributed by atoms with Crippen LogP contribution in [0.15, 0.2) is 54.9 Å². The molecule has 0 fully saturated rings. The van der Waals surface area contributed by atoms with Gasteiger partial charge in [-0.2, -0.15) is 0 Å². The molecule has 0 aliphatic heterocycles. The minimum atomic E-state index is -1.09. The van der Waals surface area contributed by atoms with E-state index in [9.17, 15) is 14.9 Å². The average molecular weight is 314 g/mol. The van der Waals surface area contributed by atoms with Crippen molar-refractivity contribution < 1.29 is 14.8 Å².